The van der Waals surface area contributed by atoms with E-state index in [0.717, 1.165) is 0 Å². The van der Waals surface area contributed by atoms with Gasteiger partial charge in [0.05, 0.1) is 12.7 Å². The predicted octanol–water partition coefficient (Wildman–Crippen LogP) is 0.378. The fourth-order valence-corrected chi connectivity index (χ4v) is 0.361. The van der Waals surface area contributed by atoms with Crippen molar-refractivity contribution in [3.63, 3.8) is 0 Å². The molecule has 3 nitrogen and oxygen atoms in total. The van der Waals surface area contributed by atoms with Crippen molar-refractivity contribution >= 4 is 0 Å². The van der Waals surface area contributed by atoms with Gasteiger partial charge in [0.2, 0.25) is 0 Å². The maximum Gasteiger partial charge on any atom is 0.146 e. The third-order valence-corrected chi connectivity index (χ3v) is 0.730. The Labute approximate surface area is 55.6 Å². The van der Waals surface area contributed by atoms with Gasteiger partial charge in [0.1, 0.15) is 6.79 Å². The first-order chi connectivity index (χ1) is 4.27. The Morgan fingerprint density at radius 3 is 2.56 bits per heavy atom. The van der Waals surface area contributed by atoms with Gasteiger partial charge in [-0.1, -0.05) is 0 Å². The van der Waals surface area contributed by atoms with Crippen LogP contribution in [0.25, 0.3) is 0 Å². The zero-order valence-electron chi connectivity index (χ0n) is 5.96. The molecule has 0 fully saturated rings. The topological polar surface area (TPSA) is 38.7 Å². The summed E-state index contributed by atoms with van der Waals surface area (Å²) in [4.78, 5) is 0. The zero-order chi connectivity index (χ0) is 7.11. The van der Waals surface area contributed by atoms with Crippen molar-refractivity contribution in [1.82, 2.24) is 0 Å². The molecule has 0 saturated carbocycles. The first kappa shape index (κ1) is 8.88. The third kappa shape index (κ3) is 7.88. The average molecular weight is 134 g/mol. The summed E-state index contributed by atoms with van der Waals surface area (Å²) in [7, 11) is 0. The van der Waals surface area contributed by atoms with Crippen molar-refractivity contribution in [2.24, 2.45) is 0 Å². The lowest BCUT2D eigenvalue weighted by atomic mass is 10.5. The second-order valence-electron chi connectivity index (χ2n) is 1.83. The fraction of sp³-hybridized carbons (Fsp3) is 1.00. The van der Waals surface area contributed by atoms with E-state index in [0.29, 0.717) is 13.2 Å². The smallest absolute Gasteiger partial charge is 0.146 e. The van der Waals surface area contributed by atoms with Crippen LogP contribution in [-0.4, -0.2) is 31.2 Å². The summed E-state index contributed by atoms with van der Waals surface area (Å²) in [5.41, 5.74) is 0. The van der Waals surface area contributed by atoms with E-state index in [4.69, 9.17) is 14.6 Å². The molecular formula is C6H14O3. The van der Waals surface area contributed by atoms with Gasteiger partial charge >= 0.3 is 0 Å². The molecule has 0 aromatic carbocycles. The summed E-state index contributed by atoms with van der Waals surface area (Å²) in [6, 6.07) is 0. The molecule has 1 N–H and O–H groups in total. The molecule has 1 unspecified atom stereocenters. The first-order valence-corrected chi connectivity index (χ1v) is 3.11. The molecule has 56 valence electrons. The van der Waals surface area contributed by atoms with Crippen LogP contribution in [0.2, 0.25) is 0 Å². The number of aliphatic hydroxyl groups is 1. The monoisotopic (exact) mass is 134 g/mol. The summed E-state index contributed by atoms with van der Waals surface area (Å²) in [6.07, 6.45) is -0.398. The van der Waals surface area contributed by atoms with Crippen molar-refractivity contribution in [3.05, 3.63) is 0 Å². The van der Waals surface area contributed by atoms with Crippen LogP contribution < -0.4 is 0 Å². The van der Waals surface area contributed by atoms with E-state index < -0.39 is 6.10 Å². The van der Waals surface area contributed by atoms with Crippen LogP contribution in [-0.2, 0) is 9.47 Å². The second kappa shape index (κ2) is 6.01. The number of hydrogen-bond acceptors (Lipinski definition) is 3. The van der Waals surface area contributed by atoms with Crippen LogP contribution in [0, 0.1) is 0 Å². The Hall–Kier alpha value is -0.120. The van der Waals surface area contributed by atoms with E-state index in [1.54, 1.807) is 6.92 Å². The molecule has 0 bridgehead atoms. The Bertz CT molecular complexity index is 54.3. The highest BCUT2D eigenvalue weighted by Gasteiger charge is 1.92. The average Bonchev–Trinajstić information content (AvgIpc) is 1.80. The van der Waals surface area contributed by atoms with Gasteiger partial charge in [0.15, 0.2) is 0 Å². The van der Waals surface area contributed by atoms with Crippen LogP contribution in [0.4, 0.5) is 0 Å². The molecule has 1 atom stereocenters. The standard InChI is InChI=1S/C6H14O3/c1-3-8-5-9-4-6(2)7/h6-7H,3-5H2,1-2H3. The summed E-state index contributed by atoms with van der Waals surface area (Å²) in [6.45, 7) is 4.85. The maximum atomic E-state index is 8.67. The summed E-state index contributed by atoms with van der Waals surface area (Å²) in [5, 5.41) is 8.67. The van der Waals surface area contributed by atoms with Gasteiger partial charge in [-0.2, -0.15) is 0 Å². The number of ether oxygens (including phenoxy) is 2. The molecule has 0 heterocycles. The molecule has 0 aromatic rings. The lowest BCUT2D eigenvalue weighted by Crippen LogP contribution is -2.12. The second-order valence-corrected chi connectivity index (χ2v) is 1.83. The molecule has 3 heteroatoms. The summed E-state index contributed by atoms with van der Waals surface area (Å²) >= 11 is 0. The van der Waals surface area contributed by atoms with Crippen LogP contribution in [0.3, 0.4) is 0 Å². The Morgan fingerprint density at radius 2 is 2.11 bits per heavy atom. The van der Waals surface area contributed by atoms with Gasteiger partial charge in [-0.05, 0) is 13.8 Å². The van der Waals surface area contributed by atoms with Crippen molar-refractivity contribution in [1.29, 1.82) is 0 Å². The highest BCUT2D eigenvalue weighted by molar-refractivity contribution is 4.38. The van der Waals surface area contributed by atoms with E-state index >= 15 is 0 Å². The van der Waals surface area contributed by atoms with Crippen LogP contribution in [0.5, 0.6) is 0 Å². The van der Waals surface area contributed by atoms with E-state index in [-0.39, 0.29) is 6.79 Å². The first-order valence-electron chi connectivity index (χ1n) is 3.11. The summed E-state index contributed by atoms with van der Waals surface area (Å²) < 4.78 is 9.71. The molecular weight excluding hydrogens is 120 g/mol. The molecule has 9 heavy (non-hydrogen) atoms. The van der Waals surface area contributed by atoms with E-state index in [1.807, 2.05) is 6.92 Å². The Balaban J connectivity index is 2.75. The van der Waals surface area contributed by atoms with Crippen LogP contribution in [0.1, 0.15) is 13.8 Å². The SMILES string of the molecule is CCOCOCC(C)O. The maximum absolute atomic E-state index is 8.67. The number of aliphatic hydroxyl groups excluding tert-OH is 1. The lowest BCUT2D eigenvalue weighted by molar-refractivity contribution is -0.0722. The van der Waals surface area contributed by atoms with Gasteiger partial charge in [-0.3, -0.25) is 0 Å². The molecule has 0 spiro atoms. The van der Waals surface area contributed by atoms with E-state index in [9.17, 15) is 0 Å². The van der Waals surface area contributed by atoms with Crippen molar-refractivity contribution in [3.8, 4) is 0 Å². The molecule has 0 aromatic heterocycles. The van der Waals surface area contributed by atoms with Crippen molar-refractivity contribution in [2.45, 2.75) is 20.0 Å². The Kier molecular flexibility index (Phi) is 5.93. The van der Waals surface area contributed by atoms with Crippen LogP contribution in [0.15, 0.2) is 0 Å². The lowest BCUT2D eigenvalue weighted by Gasteiger charge is -2.04. The molecule has 0 aliphatic heterocycles. The minimum atomic E-state index is -0.398. The van der Waals surface area contributed by atoms with E-state index in [1.165, 1.54) is 0 Å². The highest BCUT2D eigenvalue weighted by Crippen LogP contribution is 1.82. The molecule has 0 radical (unpaired) electrons. The predicted molar refractivity (Wildman–Crippen MR) is 34.1 cm³/mol. The highest BCUT2D eigenvalue weighted by atomic mass is 16.7. The third-order valence-electron chi connectivity index (χ3n) is 0.730. The van der Waals surface area contributed by atoms with Gasteiger partial charge in [0, 0.05) is 6.61 Å². The van der Waals surface area contributed by atoms with Crippen molar-refractivity contribution in [2.75, 3.05) is 20.0 Å². The number of hydrogen-bond donors (Lipinski definition) is 1. The molecule has 0 saturated heterocycles. The van der Waals surface area contributed by atoms with Gasteiger partial charge in [-0.25, -0.2) is 0 Å². The van der Waals surface area contributed by atoms with Gasteiger partial charge in [-0.15, -0.1) is 0 Å². The zero-order valence-corrected chi connectivity index (χ0v) is 5.96. The van der Waals surface area contributed by atoms with Crippen LogP contribution >= 0.6 is 0 Å². The van der Waals surface area contributed by atoms with E-state index in [2.05, 4.69) is 0 Å². The normalized spacial score (nSPS) is 13.7. The van der Waals surface area contributed by atoms with Crippen molar-refractivity contribution < 1.29 is 14.6 Å². The molecule has 0 rings (SSSR count). The molecule has 0 aliphatic carbocycles. The Morgan fingerprint density at radius 1 is 1.44 bits per heavy atom. The summed E-state index contributed by atoms with van der Waals surface area (Å²) in [5.74, 6) is 0. The fourth-order valence-electron chi connectivity index (χ4n) is 0.361. The number of rotatable bonds is 5. The van der Waals surface area contributed by atoms with Gasteiger partial charge in [0.25, 0.3) is 0 Å². The molecule has 0 aliphatic rings. The minimum Gasteiger partial charge on any atom is -0.391 e. The minimum absolute atomic E-state index is 0.279. The van der Waals surface area contributed by atoms with Gasteiger partial charge < -0.3 is 14.6 Å². The molecule has 0 amide bonds. The quantitative estimate of drug-likeness (QED) is 0.436. The largest absolute Gasteiger partial charge is 0.391 e.